The standard InChI is InChI=1S/C14H22N2O2/c1-2-3-6-10-16(11-9-14(17)18)13-8-5-4-7-12(13)15/h4-5,7-8H,2-3,6,9-11,15H2,1H3,(H,17,18). The number of rotatable bonds is 8. The first kappa shape index (κ1) is 14.4. The van der Waals surface area contributed by atoms with Crippen molar-refractivity contribution in [1.82, 2.24) is 0 Å². The Balaban J connectivity index is 2.69. The molecule has 0 aliphatic heterocycles. The van der Waals surface area contributed by atoms with Gasteiger partial charge in [-0.1, -0.05) is 31.9 Å². The SMILES string of the molecule is CCCCCN(CCC(=O)O)c1ccccc1N. The van der Waals surface area contributed by atoms with Gasteiger partial charge in [0.25, 0.3) is 0 Å². The molecule has 1 rings (SSSR count). The van der Waals surface area contributed by atoms with Crippen molar-refractivity contribution in [2.24, 2.45) is 0 Å². The third-order valence-corrected chi connectivity index (χ3v) is 2.90. The number of unbranched alkanes of at least 4 members (excludes halogenated alkanes) is 2. The third-order valence-electron chi connectivity index (χ3n) is 2.90. The predicted molar refractivity (Wildman–Crippen MR) is 74.8 cm³/mol. The van der Waals surface area contributed by atoms with E-state index in [1.54, 1.807) is 0 Å². The summed E-state index contributed by atoms with van der Waals surface area (Å²) in [7, 11) is 0. The Hall–Kier alpha value is -1.71. The van der Waals surface area contributed by atoms with Gasteiger partial charge in [0.1, 0.15) is 0 Å². The summed E-state index contributed by atoms with van der Waals surface area (Å²) in [4.78, 5) is 12.8. The number of carbonyl (C=O) groups is 1. The zero-order valence-electron chi connectivity index (χ0n) is 10.9. The van der Waals surface area contributed by atoms with E-state index < -0.39 is 5.97 Å². The van der Waals surface area contributed by atoms with Crippen molar-refractivity contribution in [3.63, 3.8) is 0 Å². The van der Waals surface area contributed by atoms with Crippen LogP contribution in [0, 0.1) is 0 Å². The molecule has 0 spiro atoms. The second-order valence-corrected chi connectivity index (χ2v) is 4.40. The molecule has 0 fully saturated rings. The number of benzene rings is 1. The Kier molecular flexibility index (Phi) is 6.05. The Labute approximate surface area is 108 Å². The minimum Gasteiger partial charge on any atom is -0.481 e. The highest BCUT2D eigenvalue weighted by molar-refractivity contribution is 5.70. The smallest absolute Gasteiger partial charge is 0.305 e. The lowest BCUT2D eigenvalue weighted by Crippen LogP contribution is -2.28. The molecule has 0 atom stereocenters. The quantitative estimate of drug-likeness (QED) is 0.550. The average molecular weight is 250 g/mol. The van der Waals surface area contributed by atoms with Crippen molar-refractivity contribution < 1.29 is 9.90 Å². The highest BCUT2D eigenvalue weighted by Gasteiger charge is 2.10. The fraction of sp³-hybridized carbons (Fsp3) is 0.500. The topological polar surface area (TPSA) is 66.6 Å². The number of nitrogens with two attached hydrogens (primary N) is 1. The van der Waals surface area contributed by atoms with Gasteiger partial charge in [0.05, 0.1) is 17.8 Å². The fourth-order valence-corrected chi connectivity index (χ4v) is 1.91. The van der Waals surface area contributed by atoms with Gasteiger partial charge in [-0.3, -0.25) is 4.79 Å². The lowest BCUT2D eigenvalue weighted by Gasteiger charge is -2.25. The number of carboxylic acids is 1. The van der Waals surface area contributed by atoms with Gasteiger partial charge >= 0.3 is 5.97 Å². The molecule has 0 aliphatic carbocycles. The average Bonchev–Trinajstić information content (AvgIpc) is 2.34. The first-order valence-corrected chi connectivity index (χ1v) is 6.46. The lowest BCUT2D eigenvalue weighted by molar-refractivity contribution is -0.136. The first-order valence-electron chi connectivity index (χ1n) is 6.46. The van der Waals surface area contributed by atoms with Crippen LogP contribution in [0.4, 0.5) is 11.4 Å². The van der Waals surface area contributed by atoms with E-state index in [0.717, 1.165) is 31.5 Å². The monoisotopic (exact) mass is 250 g/mol. The van der Waals surface area contributed by atoms with Crippen LogP contribution in [0.1, 0.15) is 32.6 Å². The van der Waals surface area contributed by atoms with Crippen LogP contribution in [0.3, 0.4) is 0 Å². The number of carboxylic acid groups (broad SMARTS) is 1. The van der Waals surface area contributed by atoms with Crippen molar-refractivity contribution >= 4 is 17.3 Å². The minimum atomic E-state index is -0.773. The minimum absolute atomic E-state index is 0.139. The largest absolute Gasteiger partial charge is 0.481 e. The van der Waals surface area contributed by atoms with E-state index in [9.17, 15) is 4.79 Å². The van der Waals surface area contributed by atoms with Crippen LogP contribution < -0.4 is 10.6 Å². The summed E-state index contributed by atoms with van der Waals surface area (Å²) >= 11 is 0. The molecule has 100 valence electrons. The van der Waals surface area contributed by atoms with Crippen LogP contribution in [-0.4, -0.2) is 24.2 Å². The molecule has 18 heavy (non-hydrogen) atoms. The molecule has 0 heterocycles. The summed E-state index contributed by atoms with van der Waals surface area (Å²) in [6, 6.07) is 7.62. The molecule has 0 unspecified atom stereocenters. The number of aliphatic carboxylic acids is 1. The van der Waals surface area contributed by atoms with Crippen LogP contribution in [0.15, 0.2) is 24.3 Å². The van der Waals surface area contributed by atoms with Gasteiger partial charge in [-0.05, 0) is 18.6 Å². The van der Waals surface area contributed by atoms with Crippen LogP contribution in [0.2, 0.25) is 0 Å². The Morgan fingerprint density at radius 2 is 2.00 bits per heavy atom. The zero-order chi connectivity index (χ0) is 13.4. The van der Waals surface area contributed by atoms with E-state index in [1.165, 1.54) is 0 Å². The van der Waals surface area contributed by atoms with Gasteiger partial charge in [0.15, 0.2) is 0 Å². The number of anilines is 2. The van der Waals surface area contributed by atoms with E-state index in [1.807, 2.05) is 24.3 Å². The summed E-state index contributed by atoms with van der Waals surface area (Å²) in [6.07, 6.45) is 3.50. The molecular formula is C14H22N2O2. The third kappa shape index (κ3) is 4.65. The van der Waals surface area contributed by atoms with E-state index in [-0.39, 0.29) is 6.42 Å². The number of hydrogen-bond donors (Lipinski definition) is 2. The molecule has 0 saturated heterocycles. The number of para-hydroxylation sites is 2. The Morgan fingerprint density at radius 1 is 1.28 bits per heavy atom. The van der Waals surface area contributed by atoms with Gasteiger partial charge in [-0.15, -0.1) is 0 Å². The van der Waals surface area contributed by atoms with Gasteiger partial charge < -0.3 is 15.7 Å². The van der Waals surface area contributed by atoms with E-state index in [4.69, 9.17) is 10.8 Å². The molecule has 0 amide bonds. The molecular weight excluding hydrogens is 228 g/mol. The highest BCUT2D eigenvalue weighted by Crippen LogP contribution is 2.23. The van der Waals surface area contributed by atoms with E-state index in [0.29, 0.717) is 12.2 Å². The molecule has 0 radical (unpaired) electrons. The van der Waals surface area contributed by atoms with Gasteiger partial charge in [-0.2, -0.15) is 0 Å². The summed E-state index contributed by atoms with van der Waals surface area (Å²) in [6.45, 7) is 3.51. The molecule has 3 N–H and O–H groups in total. The van der Waals surface area contributed by atoms with Crippen molar-refractivity contribution in [1.29, 1.82) is 0 Å². The van der Waals surface area contributed by atoms with Crippen molar-refractivity contribution in [2.45, 2.75) is 32.6 Å². The summed E-state index contributed by atoms with van der Waals surface area (Å²) in [5.74, 6) is -0.773. The number of nitrogen functional groups attached to an aromatic ring is 1. The molecule has 1 aromatic rings. The normalized spacial score (nSPS) is 10.3. The van der Waals surface area contributed by atoms with Crippen molar-refractivity contribution in [3.8, 4) is 0 Å². The maximum atomic E-state index is 10.7. The fourth-order valence-electron chi connectivity index (χ4n) is 1.91. The van der Waals surface area contributed by atoms with Gasteiger partial charge in [-0.25, -0.2) is 0 Å². The van der Waals surface area contributed by atoms with Crippen LogP contribution in [0.5, 0.6) is 0 Å². The van der Waals surface area contributed by atoms with Crippen molar-refractivity contribution in [2.75, 3.05) is 23.7 Å². The second-order valence-electron chi connectivity index (χ2n) is 4.40. The van der Waals surface area contributed by atoms with Crippen molar-refractivity contribution in [3.05, 3.63) is 24.3 Å². The molecule has 0 aromatic heterocycles. The molecule has 0 saturated carbocycles. The number of hydrogen-bond acceptors (Lipinski definition) is 3. The summed E-state index contributed by atoms with van der Waals surface area (Å²) in [5, 5.41) is 8.79. The molecule has 4 nitrogen and oxygen atoms in total. The Morgan fingerprint density at radius 3 is 2.61 bits per heavy atom. The first-order chi connectivity index (χ1) is 8.65. The predicted octanol–water partition coefficient (Wildman–Crippen LogP) is 2.74. The van der Waals surface area contributed by atoms with E-state index >= 15 is 0 Å². The molecule has 0 bridgehead atoms. The summed E-state index contributed by atoms with van der Waals surface area (Å²) < 4.78 is 0. The molecule has 1 aromatic carbocycles. The van der Waals surface area contributed by atoms with Gasteiger partial charge in [0.2, 0.25) is 0 Å². The highest BCUT2D eigenvalue weighted by atomic mass is 16.4. The maximum absolute atomic E-state index is 10.7. The second kappa shape index (κ2) is 7.58. The van der Waals surface area contributed by atoms with Gasteiger partial charge in [0, 0.05) is 13.1 Å². The molecule has 0 aliphatic rings. The zero-order valence-corrected chi connectivity index (χ0v) is 10.9. The summed E-state index contributed by atoms with van der Waals surface area (Å²) in [5.41, 5.74) is 7.59. The maximum Gasteiger partial charge on any atom is 0.305 e. The van der Waals surface area contributed by atoms with E-state index in [2.05, 4.69) is 11.8 Å². The lowest BCUT2D eigenvalue weighted by atomic mass is 10.2. The van der Waals surface area contributed by atoms with Crippen LogP contribution in [0.25, 0.3) is 0 Å². The van der Waals surface area contributed by atoms with Crippen LogP contribution >= 0.6 is 0 Å². The Bertz CT molecular complexity index is 380. The number of nitrogens with zero attached hydrogens (tertiary/aromatic N) is 1. The molecule has 4 heteroatoms. The van der Waals surface area contributed by atoms with Crippen LogP contribution in [-0.2, 0) is 4.79 Å².